The lowest BCUT2D eigenvalue weighted by atomic mass is 10.1. The molecule has 1 aromatic heterocycles. The number of benzene rings is 2. The number of nitrogens with one attached hydrogen (secondary N) is 1. The number of para-hydroxylation sites is 1. The number of hydrogen-bond acceptors (Lipinski definition) is 5. The highest BCUT2D eigenvalue weighted by atomic mass is 16.5. The molecule has 0 aliphatic heterocycles. The van der Waals surface area contributed by atoms with Gasteiger partial charge in [0.15, 0.2) is 5.43 Å². The quantitative estimate of drug-likeness (QED) is 0.553. The molecule has 0 aliphatic carbocycles. The van der Waals surface area contributed by atoms with Crippen LogP contribution < -0.4 is 10.7 Å². The van der Waals surface area contributed by atoms with Gasteiger partial charge in [-0.25, -0.2) is 4.79 Å². The molecule has 0 saturated carbocycles. The first kappa shape index (κ1) is 18.1. The van der Waals surface area contributed by atoms with Crippen molar-refractivity contribution in [1.82, 2.24) is 0 Å². The van der Waals surface area contributed by atoms with E-state index in [0.717, 1.165) is 0 Å². The third kappa shape index (κ3) is 4.30. The van der Waals surface area contributed by atoms with Gasteiger partial charge < -0.3 is 14.5 Å². The van der Waals surface area contributed by atoms with Gasteiger partial charge in [-0.15, -0.1) is 0 Å². The van der Waals surface area contributed by atoms with Gasteiger partial charge >= 0.3 is 5.97 Å². The fraction of sp³-hybridized carbons (Fsp3) is 0.0952. The van der Waals surface area contributed by atoms with Crippen LogP contribution in [0.15, 0.2) is 70.1 Å². The Kier molecular flexibility index (Phi) is 5.47. The summed E-state index contributed by atoms with van der Waals surface area (Å²) in [6.45, 7) is 1.99. The van der Waals surface area contributed by atoms with Crippen LogP contribution in [-0.4, -0.2) is 18.5 Å². The highest BCUT2D eigenvalue weighted by molar-refractivity contribution is 6.02. The van der Waals surface area contributed by atoms with Gasteiger partial charge in [-0.1, -0.05) is 18.2 Å². The van der Waals surface area contributed by atoms with Crippen molar-refractivity contribution < 1.29 is 18.7 Å². The van der Waals surface area contributed by atoms with Crippen molar-refractivity contribution in [3.8, 4) is 0 Å². The zero-order valence-electron chi connectivity index (χ0n) is 14.6. The second kappa shape index (κ2) is 8.14. The van der Waals surface area contributed by atoms with Gasteiger partial charge in [0.2, 0.25) is 5.91 Å². The third-order valence-electron chi connectivity index (χ3n) is 3.76. The summed E-state index contributed by atoms with van der Waals surface area (Å²) in [5.41, 5.74) is 1.32. The van der Waals surface area contributed by atoms with Crippen LogP contribution in [0.4, 0.5) is 5.69 Å². The minimum Gasteiger partial charge on any atom is -0.463 e. The molecule has 1 heterocycles. The molecule has 27 heavy (non-hydrogen) atoms. The molecule has 0 bridgehead atoms. The molecule has 3 rings (SSSR count). The van der Waals surface area contributed by atoms with E-state index in [1.165, 1.54) is 24.5 Å². The molecule has 0 unspecified atom stereocenters. The van der Waals surface area contributed by atoms with Crippen LogP contribution in [0.3, 0.4) is 0 Å². The average Bonchev–Trinajstić information content (AvgIpc) is 2.68. The topological polar surface area (TPSA) is 85.6 Å². The van der Waals surface area contributed by atoms with Crippen LogP contribution in [0.2, 0.25) is 0 Å². The number of carbonyl (C=O) groups excluding carboxylic acids is 2. The lowest BCUT2D eigenvalue weighted by Crippen LogP contribution is -2.10. The molecular weight excluding hydrogens is 346 g/mol. The second-order valence-corrected chi connectivity index (χ2v) is 5.64. The van der Waals surface area contributed by atoms with E-state index < -0.39 is 11.9 Å². The second-order valence-electron chi connectivity index (χ2n) is 5.64. The Hall–Kier alpha value is -3.67. The van der Waals surface area contributed by atoms with E-state index in [1.54, 1.807) is 49.4 Å². The number of amides is 1. The van der Waals surface area contributed by atoms with Crippen molar-refractivity contribution in [1.29, 1.82) is 0 Å². The van der Waals surface area contributed by atoms with Crippen LogP contribution in [0.1, 0.15) is 22.8 Å². The highest BCUT2D eigenvalue weighted by Crippen LogP contribution is 2.13. The standard InChI is InChI=1S/C21H17NO5/c1-2-26-21(25)14-6-5-7-16(12-14)22-19(23)11-10-15-13-27-18-9-4-3-8-17(18)20(15)24/h3-13H,2H2,1H3,(H,22,23)/b11-10+. The predicted molar refractivity (Wildman–Crippen MR) is 103 cm³/mol. The zero-order valence-corrected chi connectivity index (χ0v) is 14.6. The van der Waals surface area contributed by atoms with Crippen molar-refractivity contribution in [3.05, 3.63) is 82.2 Å². The van der Waals surface area contributed by atoms with Gasteiger partial charge in [0.05, 0.1) is 23.1 Å². The Morgan fingerprint density at radius 1 is 1.15 bits per heavy atom. The Morgan fingerprint density at radius 2 is 1.96 bits per heavy atom. The Balaban J connectivity index is 1.75. The number of esters is 1. The van der Waals surface area contributed by atoms with Crippen molar-refractivity contribution in [2.24, 2.45) is 0 Å². The maximum Gasteiger partial charge on any atom is 0.338 e. The summed E-state index contributed by atoms with van der Waals surface area (Å²) < 4.78 is 10.3. The SMILES string of the molecule is CCOC(=O)c1cccc(NC(=O)/C=C/c2coc3ccccc3c2=O)c1. The summed E-state index contributed by atoms with van der Waals surface area (Å²) in [5, 5.41) is 3.09. The maximum absolute atomic E-state index is 12.4. The summed E-state index contributed by atoms with van der Waals surface area (Å²) in [6.07, 6.45) is 3.94. The minimum atomic E-state index is -0.460. The van der Waals surface area contributed by atoms with Gasteiger partial charge in [-0.05, 0) is 43.3 Å². The van der Waals surface area contributed by atoms with Crippen molar-refractivity contribution >= 4 is 34.6 Å². The molecule has 0 radical (unpaired) electrons. The summed E-state index contributed by atoms with van der Waals surface area (Å²) >= 11 is 0. The van der Waals surface area contributed by atoms with Crippen molar-refractivity contribution in [2.45, 2.75) is 6.92 Å². The molecule has 0 atom stereocenters. The van der Waals surface area contributed by atoms with Gasteiger partial charge in [0.25, 0.3) is 0 Å². The lowest BCUT2D eigenvalue weighted by Gasteiger charge is -2.05. The lowest BCUT2D eigenvalue weighted by molar-refractivity contribution is -0.111. The van der Waals surface area contributed by atoms with Crippen LogP contribution in [-0.2, 0) is 9.53 Å². The molecule has 0 spiro atoms. The number of hydrogen-bond donors (Lipinski definition) is 1. The van der Waals surface area contributed by atoms with Crippen LogP contribution in [0.25, 0.3) is 17.0 Å². The molecule has 3 aromatic rings. The van der Waals surface area contributed by atoms with Gasteiger partial charge in [0.1, 0.15) is 11.8 Å². The molecule has 6 nitrogen and oxygen atoms in total. The van der Waals surface area contributed by atoms with E-state index in [2.05, 4.69) is 5.32 Å². The summed E-state index contributed by atoms with van der Waals surface area (Å²) in [4.78, 5) is 36.3. The summed E-state index contributed by atoms with van der Waals surface area (Å²) in [7, 11) is 0. The molecule has 136 valence electrons. The number of carbonyl (C=O) groups is 2. The van der Waals surface area contributed by atoms with Gasteiger partial charge in [-0.2, -0.15) is 0 Å². The molecular formula is C21H17NO5. The molecule has 2 aromatic carbocycles. The Bertz CT molecular complexity index is 1080. The van der Waals surface area contributed by atoms with E-state index in [0.29, 0.717) is 22.2 Å². The van der Waals surface area contributed by atoms with E-state index in [-0.39, 0.29) is 17.6 Å². The average molecular weight is 363 g/mol. The molecule has 1 amide bonds. The number of fused-ring (bicyclic) bond motifs is 1. The smallest absolute Gasteiger partial charge is 0.338 e. The normalized spacial score (nSPS) is 10.9. The van der Waals surface area contributed by atoms with Crippen molar-refractivity contribution in [2.75, 3.05) is 11.9 Å². The third-order valence-corrected chi connectivity index (χ3v) is 3.76. The first-order valence-electron chi connectivity index (χ1n) is 8.35. The molecule has 0 fully saturated rings. The fourth-order valence-corrected chi connectivity index (χ4v) is 2.50. The van der Waals surface area contributed by atoms with Crippen LogP contribution in [0.5, 0.6) is 0 Å². The Labute approximate surface area is 155 Å². The van der Waals surface area contributed by atoms with E-state index in [4.69, 9.17) is 9.15 Å². The van der Waals surface area contributed by atoms with Gasteiger partial charge in [-0.3, -0.25) is 9.59 Å². The maximum atomic E-state index is 12.4. The highest BCUT2D eigenvalue weighted by Gasteiger charge is 2.08. The largest absolute Gasteiger partial charge is 0.463 e. The first-order chi connectivity index (χ1) is 13.1. The first-order valence-corrected chi connectivity index (χ1v) is 8.35. The van der Waals surface area contributed by atoms with E-state index >= 15 is 0 Å². The molecule has 1 N–H and O–H groups in total. The summed E-state index contributed by atoms with van der Waals surface area (Å²) in [5.74, 6) is -0.901. The predicted octanol–water partition coefficient (Wildman–Crippen LogP) is 3.62. The number of anilines is 1. The fourth-order valence-electron chi connectivity index (χ4n) is 2.50. The van der Waals surface area contributed by atoms with E-state index in [1.807, 2.05) is 0 Å². The molecule has 0 aliphatic rings. The van der Waals surface area contributed by atoms with Crippen LogP contribution in [0, 0.1) is 0 Å². The summed E-state index contributed by atoms with van der Waals surface area (Å²) in [6, 6.07) is 13.3. The van der Waals surface area contributed by atoms with Gasteiger partial charge in [0, 0.05) is 11.8 Å². The molecule has 6 heteroatoms. The van der Waals surface area contributed by atoms with E-state index in [9.17, 15) is 14.4 Å². The van der Waals surface area contributed by atoms with Crippen LogP contribution >= 0.6 is 0 Å². The number of rotatable bonds is 5. The Morgan fingerprint density at radius 3 is 2.78 bits per heavy atom. The van der Waals surface area contributed by atoms with Crippen molar-refractivity contribution in [3.63, 3.8) is 0 Å². The number of ether oxygens (including phenoxy) is 1. The monoisotopic (exact) mass is 363 g/mol. The zero-order chi connectivity index (χ0) is 19.2. The minimum absolute atomic E-state index is 0.217. The molecule has 0 saturated heterocycles.